The first kappa shape index (κ1) is 18.1. The maximum atomic E-state index is 13.5. The highest BCUT2D eigenvalue weighted by Crippen LogP contribution is 2.28. The lowest BCUT2D eigenvalue weighted by Crippen LogP contribution is -2.37. The normalized spacial score (nSPS) is 18.6. The molecule has 1 heterocycles. The summed E-state index contributed by atoms with van der Waals surface area (Å²) < 4.78 is 69.5. The number of halogens is 1. The molecule has 0 aliphatic carbocycles. The van der Waals surface area contributed by atoms with Crippen LogP contribution in [-0.2, 0) is 20.0 Å². The SMILES string of the molecule is COc1ccc(F)cc1S(=O)(=O)N1CCCN(S(C)(=O)=O)CC1. The largest absolute Gasteiger partial charge is 0.495 e. The Labute approximate surface area is 135 Å². The quantitative estimate of drug-likeness (QED) is 0.774. The van der Waals surface area contributed by atoms with Crippen LogP contribution in [0.25, 0.3) is 0 Å². The van der Waals surface area contributed by atoms with Crippen molar-refractivity contribution in [2.45, 2.75) is 11.3 Å². The van der Waals surface area contributed by atoms with Crippen LogP contribution >= 0.6 is 0 Å². The van der Waals surface area contributed by atoms with Gasteiger partial charge < -0.3 is 4.74 Å². The molecule has 0 amide bonds. The van der Waals surface area contributed by atoms with Gasteiger partial charge in [-0.3, -0.25) is 0 Å². The lowest BCUT2D eigenvalue weighted by atomic mass is 10.3. The van der Waals surface area contributed by atoms with Crippen molar-refractivity contribution in [3.63, 3.8) is 0 Å². The van der Waals surface area contributed by atoms with Crippen LogP contribution in [0.2, 0.25) is 0 Å². The van der Waals surface area contributed by atoms with E-state index in [-0.39, 0.29) is 36.8 Å². The summed E-state index contributed by atoms with van der Waals surface area (Å²) in [5.74, 6) is -0.632. The number of ether oxygens (including phenoxy) is 1. The third-order valence-corrected chi connectivity index (χ3v) is 6.85. The molecule has 1 aromatic rings. The topological polar surface area (TPSA) is 84.0 Å². The van der Waals surface area contributed by atoms with Crippen molar-refractivity contribution >= 4 is 20.0 Å². The molecule has 0 aromatic heterocycles. The number of hydrogen-bond donors (Lipinski definition) is 0. The Balaban J connectivity index is 2.32. The molecule has 1 aliphatic rings. The molecule has 0 N–H and O–H groups in total. The van der Waals surface area contributed by atoms with Crippen LogP contribution in [0.15, 0.2) is 23.1 Å². The summed E-state index contributed by atoms with van der Waals surface area (Å²) in [6.07, 6.45) is 1.46. The molecule has 7 nitrogen and oxygen atoms in total. The van der Waals surface area contributed by atoms with E-state index in [1.807, 2.05) is 0 Å². The molecule has 0 atom stereocenters. The van der Waals surface area contributed by atoms with Crippen LogP contribution in [0.3, 0.4) is 0 Å². The van der Waals surface area contributed by atoms with Gasteiger partial charge in [-0.1, -0.05) is 0 Å². The molecule has 10 heteroatoms. The molecule has 1 aliphatic heterocycles. The number of methoxy groups -OCH3 is 1. The van der Waals surface area contributed by atoms with Gasteiger partial charge in [0.15, 0.2) is 0 Å². The minimum atomic E-state index is -3.97. The van der Waals surface area contributed by atoms with Crippen LogP contribution in [0.5, 0.6) is 5.75 Å². The molecule has 1 aromatic carbocycles. The fraction of sp³-hybridized carbons (Fsp3) is 0.538. The molecule has 0 saturated carbocycles. The molecule has 1 saturated heterocycles. The Morgan fingerprint density at radius 3 is 2.26 bits per heavy atom. The second-order valence-corrected chi connectivity index (χ2v) is 9.10. The van der Waals surface area contributed by atoms with E-state index in [4.69, 9.17) is 4.74 Å². The highest BCUT2D eigenvalue weighted by molar-refractivity contribution is 7.89. The van der Waals surface area contributed by atoms with Crippen molar-refractivity contribution in [3.05, 3.63) is 24.0 Å². The molecule has 0 bridgehead atoms. The summed E-state index contributed by atoms with van der Waals surface area (Å²) >= 11 is 0. The maximum absolute atomic E-state index is 13.5. The van der Waals surface area contributed by atoms with Gasteiger partial charge in [0.2, 0.25) is 20.0 Å². The van der Waals surface area contributed by atoms with Crippen LogP contribution in [0.1, 0.15) is 6.42 Å². The zero-order valence-electron chi connectivity index (χ0n) is 12.9. The second kappa shape index (κ2) is 6.71. The smallest absolute Gasteiger partial charge is 0.246 e. The van der Waals surface area contributed by atoms with Gasteiger partial charge in [-0.25, -0.2) is 25.5 Å². The van der Waals surface area contributed by atoms with E-state index >= 15 is 0 Å². The number of nitrogens with zero attached hydrogens (tertiary/aromatic N) is 2. The first-order valence-electron chi connectivity index (χ1n) is 6.95. The summed E-state index contributed by atoms with van der Waals surface area (Å²) in [7, 11) is -6.04. The predicted octanol–water partition coefficient (Wildman–Crippen LogP) is 0.490. The van der Waals surface area contributed by atoms with Gasteiger partial charge in [-0.15, -0.1) is 0 Å². The van der Waals surface area contributed by atoms with E-state index in [1.165, 1.54) is 17.5 Å². The Bertz CT molecular complexity index is 780. The fourth-order valence-corrected chi connectivity index (χ4v) is 4.94. The Morgan fingerprint density at radius 2 is 1.65 bits per heavy atom. The molecule has 0 unspecified atom stereocenters. The molecular weight excluding hydrogens is 347 g/mol. The second-order valence-electron chi connectivity index (χ2n) is 5.21. The van der Waals surface area contributed by atoms with Crippen molar-refractivity contribution in [1.29, 1.82) is 0 Å². The van der Waals surface area contributed by atoms with Crippen molar-refractivity contribution in [2.24, 2.45) is 0 Å². The van der Waals surface area contributed by atoms with E-state index in [0.717, 1.165) is 22.7 Å². The van der Waals surface area contributed by atoms with Crippen molar-refractivity contribution in [3.8, 4) is 5.75 Å². The first-order valence-corrected chi connectivity index (χ1v) is 10.2. The highest BCUT2D eigenvalue weighted by atomic mass is 32.2. The Hall–Kier alpha value is -1.23. The molecule has 1 fully saturated rings. The summed E-state index contributed by atoms with van der Waals surface area (Å²) in [6.45, 7) is 0.490. The predicted molar refractivity (Wildman–Crippen MR) is 82.7 cm³/mol. The molecule has 130 valence electrons. The Kier molecular flexibility index (Phi) is 5.29. The van der Waals surface area contributed by atoms with Crippen molar-refractivity contribution in [1.82, 2.24) is 8.61 Å². The van der Waals surface area contributed by atoms with E-state index in [0.29, 0.717) is 6.42 Å². The van der Waals surface area contributed by atoms with Crippen LogP contribution in [0, 0.1) is 5.82 Å². The minimum Gasteiger partial charge on any atom is -0.495 e. The van der Waals surface area contributed by atoms with E-state index in [1.54, 1.807) is 0 Å². The standard InChI is InChI=1S/C13H19FN2O5S2/c1-21-12-5-4-11(14)10-13(12)23(19,20)16-7-3-6-15(8-9-16)22(2,17)18/h4-5,10H,3,6-9H2,1-2H3. The average molecular weight is 366 g/mol. The summed E-state index contributed by atoms with van der Waals surface area (Å²) in [5, 5.41) is 0. The third kappa shape index (κ3) is 4.00. The summed E-state index contributed by atoms with van der Waals surface area (Å²) in [4.78, 5) is -0.257. The van der Waals surface area contributed by atoms with Gasteiger partial charge in [0.05, 0.1) is 13.4 Å². The lowest BCUT2D eigenvalue weighted by Gasteiger charge is -2.21. The zero-order valence-corrected chi connectivity index (χ0v) is 14.5. The van der Waals surface area contributed by atoms with Gasteiger partial charge in [0.1, 0.15) is 16.5 Å². The van der Waals surface area contributed by atoms with Crippen molar-refractivity contribution < 1.29 is 26.0 Å². The maximum Gasteiger partial charge on any atom is 0.246 e. The Morgan fingerprint density at radius 1 is 1.04 bits per heavy atom. The van der Waals surface area contributed by atoms with Gasteiger partial charge >= 0.3 is 0 Å². The van der Waals surface area contributed by atoms with E-state index in [9.17, 15) is 21.2 Å². The molecule has 23 heavy (non-hydrogen) atoms. The first-order chi connectivity index (χ1) is 10.7. The minimum absolute atomic E-state index is 0.00900. The third-order valence-electron chi connectivity index (χ3n) is 3.63. The van der Waals surface area contributed by atoms with E-state index in [2.05, 4.69) is 0 Å². The van der Waals surface area contributed by atoms with Gasteiger partial charge in [0, 0.05) is 26.2 Å². The average Bonchev–Trinajstić information content (AvgIpc) is 2.73. The van der Waals surface area contributed by atoms with Crippen LogP contribution in [0.4, 0.5) is 4.39 Å². The van der Waals surface area contributed by atoms with Crippen LogP contribution in [-0.4, -0.2) is 65.0 Å². The van der Waals surface area contributed by atoms with E-state index < -0.39 is 25.9 Å². The molecule has 2 rings (SSSR count). The highest BCUT2D eigenvalue weighted by Gasteiger charge is 2.31. The lowest BCUT2D eigenvalue weighted by molar-refractivity contribution is 0.387. The van der Waals surface area contributed by atoms with Crippen LogP contribution < -0.4 is 4.74 Å². The van der Waals surface area contributed by atoms with Gasteiger partial charge in [-0.2, -0.15) is 4.31 Å². The molecule has 0 spiro atoms. The van der Waals surface area contributed by atoms with Gasteiger partial charge in [0.25, 0.3) is 0 Å². The monoisotopic (exact) mass is 366 g/mol. The number of benzene rings is 1. The number of sulfonamides is 2. The zero-order chi connectivity index (χ0) is 17.3. The molecular formula is C13H19FN2O5S2. The number of rotatable bonds is 4. The fourth-order valence-electron chi connectivity index (χ4n) is 2.43. The summed E-state index contributed by atoms with van der Waals surface area (Å²) in [5.41, 5.74) is 0. The van der Waals surface area contributed by atoms with Crippen molar-refractivity contribution in [2.75, 3.05) is 39.5 Å². The number of hydrogen-bond acceptors (Lipinski definition) is 5. The summed E-state index contributed by atoms with van der Waals surface area (Å²) in [6, 6.07) is 3.28. The van der Waals surface area contributed by atoms with Gasteiger partial charge in [-0.05, 0) is 24.6 Å². The molecule has 0 radical (unpaired) electrons.